The molecule has 3 heteroatoms. The fourth-order valence-electron chi connectivity index (χ4n) is 0.522. The van der Waals surface area contributed by atoms with E-state index in [4.69, 9.17) is 0 Å². The van der Waals surface area contributed by atoms with Crippen molar-refractivity contribution in [2.45, 2.75) is 4.90 Å². The van der Waals surface area contributed by atoms with Crippen LogP contribution in [0, 0.1) is 0 Å². The Labute approximate surface area is 65.3 Å². The minimum absolute atomic E-state index is 0.0550. The van der Waals surface area contributed by atoms with Gasteiger partial charge in [-0.3, -0.25) is 5.11 Å². The molecular formula is C6H4BrOS. The number of hydrogen-bond donors (Lipinski definition) is 0. The van der Waals surface area contributed by atoms with Crippen LogP contribution in [0.5, 0.6) is 5.75 Å². The zero-order valence-electron chi connectivity index (χ0n) is 4.50. The Bertz CT molecular complexity index is 202. The van der Waals surface area contributed by atoms with Crippen LogP contribution in [0.15, 0.2) is 29.2 Å². The lowest BCUT2D eigenvalue weighted by Crippen LogP contribution is -1.63. The van der Waals surface area contributed by atoms with E-state index in [1.807, 2.05) is 6.07 Å². The normalized spacial score (nSPS) is 9.44. The monoisotopic (exact) mass is 203 g/mol. The SMILES string of the molecule is [O]c1cccc(SBr)c1. The highest BCUT2D eigenvalue weighted by Gasteiger charge is 1.91. The molecule has 0 N–H and O–H groups in total. The maximum atomic E-state index is 10.6. The molecule has 9 heavy (non-hydrogen) atoms. The first-order valence-electron chi connectivity index (χ1n) is 2.38. The minimum atomic E-state index is 0.0550. The van der Waals surface area contributed by atoms with Crippen molar-refractivity contribution in [3.63, 3.8) is 0 Å². The molecule has 0 heterocycles. The highest BCUT2D eigenvalue weighted by molar-refractivity contribution is 9.50. The van der Waals surface area contributed by atoms with Crippen LogP contribution in [-0.4, -0.2) is 0 Å². The maximum Gasteiger partial charge on any atom is 0.179 e. The summed E-state index contributed by atoms with van der Waals surface area (Å²) in [5.74, 6) is 0.0550. The quantitative estimate of drug-likeness (QED) is 0.687. The molecule has 0 spiro atoms. The molecule has 0 aliphatic rings. The average Bonchev–Trinajstić information content (AvgIpc) is 1.88. The van der Waals surface area contributed by atoms with Gasteiger partial charge in [-0.15, -0.1) is 0 Å². The van der Waals surface area contributed by atoms with Crippen LogP contribution in [0.3, 0.4) is 0 Å². The van der Waals surface area contributed by atoms with E-state index in [1.165, 1.54) is 16.3 Å². The average molecular weight is 204 g/mol. The van der Waals surface area contributed by atoms with Crippen LogP contribution in [-0.2, 0) is 5.11 Å². The summed E-state index contributed by atoms with van der Waals surface area (Å²) in [6.07, 6.45) is 0. The fourth-order valence-corrected chi connectivity index (χ4v) is 1.42. The van der Waals surface area contributed by atoms with E-state index in [9.17, 15) is 5.11 Å². The smallest absolute Gasteiger partial charge is 0.179 e. The van der Waals surface area contributed by atoms with E-state index >= 15 is 0 Å². The topological polar surface area (TPSA) is 19.9 Å². The molecule has 47 valence electrons. The third kappa shape index (κ3) is 1.91. The lowest BCUT2D eigenvalue weighted by molar-refractivity contribution is 0.354. The molecule has 1 aromatic rings. The Morgan fingerprint density at radius 2 is 2.22 bits per heavy atom. The van der Waals surface area contributed by atoms with Gasteiger partial charge in [-0.2, -0.15) is 0 Å². The third-order valence-electron chi connectivity index (χ3n) is 0.895. The van der Waals surface area contributed by atoms with Gasteiger partial charge in [-0.05, 0) is 43.2 Å². The van der Waals surface area contributed by atoms with Crippen molar-refractivity contribution in [3.8, 4) is 5.75 Å². The molecule has 0 saturated heterocycles. The largest absolute Gasteiger partial charge is 0.290 e. The Morgan fingerprint density at radius 3 is 2.67 bits per heavy atom. The van der Waals surface area contributed by atoms with Crippen LogP contribution >= 0.6 is 25.0 Å². The summed E-state index contributed by atoms with van der Waals surface area (Å²) < 4.78 is 0. The van der Waals surface area contributed by atoms with Gasteiger partial charge in [0, 0.05) is 4.90 Å². The van der Waals surface area contributed by atoms with Gasteiger partial charge >= 0.3 is 0 Å². The molecule has 0 saturated carbocycles. The number of rotatable bonds is 1. The number of halogens is 1. The predicted octanol–water partition coefficient (Wildman–Crippen LogP) is 3.23. The van der Waals surface area contributed by atoms with Crippen molar-refractivity contribution < 1.29 is 5.11 Å². The molecule has 1 nitrogen and oxygen atoms in total. The maximum absolute atomic E-state index is 10.6. The molecule has 0 fully saturated rings. The van der Waals surface area contributed by atoms with Crippen LogP contribution in [0.25, 0.3) is 0 Å². The lowest BCUT2D eigenvalue weighted by atomic mass is 10.3. The van der Waals surface area contributed by atoms with Crippen LogP contribution in [0.2, 0.25) is 0 Å². The number of benzene rings is 1. The third-order valence-corrected chi connectivity index (χ3v) is 2.45. The second-order valence-electron chi connectivity index (χ2n) is 1.55. The van der Waals surface area contributed by atoms with Gasteiger partial charge in [0.05, 0.1) is 0 Å². The molecule has 0 atom stereocenters. The summed E-state index contributed by atoms with van der Waals surface area (Å²) in [7, 11) is 1.40. The molecule has 0 aliphatic carbocycles. The van der Waals surface area contributed by atoms with Crippen molar-refractivity contribution in [2.75, 3.05) is 0 Å². The summed E-state index contributed by atoms with van der Waals surface area (Å²) in [5.41, 5.74) is 0. The van der Waals surface area contributed by atoms with E-state index in [1.54, 1.807) is 12.1 Å². The summed E-state index contributed by atoms with van der Waals surface area (Å²) in [4.78, 5) is 0.947. The van der Waals surface area contributed by atoms with Crippen molar-refractivity contribution in [3.05, 3.63) is 24.3 Å². The Morgan fingerprint density at radius 1 is 1.44 bits per heavy atom. The van der Waals surface area contributed by atoms with Crippen molar-refractivity contribution >= 4 is 25.0 Å². The number of hydrogen-bond acceptors (Lipinski definition) is 1. The fraction of sp³-hybridized carbons (Fsp3) is 0. The molecule has 0 unspecified atom stereocenters. The molecule has 1 rings (SSSR count). The van der Waals surface area contributed by atoms with E-state index in [0.29, 0.717) is 0 Å². The van der Waals surface area contributed by atoms with E-state index in [-0.39, 0.29) is 5.75 Å². The van der Waals surface area contributed by atoms with Gasteiger partial charge < -0.3 is 0 Å². The van der Waals surface area contributed by atoms with Crippen molar-refractivity contribution in [1.82, 2.24) is 0 Å². The first-order valence-corrected chi connectivity index (χ1v) is 5.04. The summed E-state index contributed by atoms with van der Waals surface area (Å²) >= 11 is 3.17. The lowest BCUT2D eigenvalue weighted by Gasteiger charge is -1.90. The Hall–Kier alpha value is -0.150. The highest BCUT2D eigenvalue weighted by atomic mass is 79.9. The Kier molecular flexibility index (Phi) is 2.42. The van der Waals surface area contributed by atoms with Gasteiger partial charge in [0.2, 0.25) is 0 Å². The van der Waals surface area contributed by atoms with Crippen LogP contribution in [0.4, 0.5) is 0 Å². The van der Waals surface area contributed by atoms with E-state index < -0.39 is 0 Å². The second-order valence-corrected chi connectivity index (χ2v) is 3.15. The first kappa shape index (κ1) is 6.96. The zero-order chi connectivity index (χ0) is 6.69. The van der Waals surface area contributed by atoms with Gasteiger partial charge in [0.1, 0.15) is 0 Å². The van der Waals surface area contributed by atoms with E-state index in [2.05, 4.69) is 14.8 Å². The van der Waals surface area contributed by atoms with Crippen LogP contribution < -0.4 is 0 Å². The van der Waals surface area contributed by atoms with Crippen LogP contribution in [0.1, 0.15) is 0 Å². The van der Waals surface area contributed by atoms with Gasteiger partial charge in [-0.1, -0.05) is 6.07 Å². The highest BCUT2D eigenvalue weighted by Crippen LogP contribution is 2.26. The molecule has 0 amide bonds. The van der Waals surface area contributed by atoms with Gasteiger partial charge in [0.25, 0.3) is 0 Å². The van der Waals surface area contributed by atoms with E-state index in [0.717, 1.165) is 4.90 Å². The molecular weight excluding hydrogens is 200 g/mol. The molecule has 0 bridgehead atoms. The standard InChI is InChI=1S/C6H4BrOS/c7-9-6-3-1-2-5(8)4-6/h1-4H. The minimum Gasteiger partial charge on any atom is -0.290 e. The molecule has 1 aromatic carbocycles. The molecule has 1 radical (unpaired) electrons. The van der Waals surface area contributed by atoms with Gasteiger partial charge in [-0.25, -0.2) is 0 Å². The molecule has 0 aliphatic heterocycles. The summed E-state index contributed by atoms with van der Waals surface area (Å²) in [6, 6.07) is 6.74. The predicted molar refractivity (Wildman–Crippen MR) is 41.4 cm³/mol. The van der Waals surface area contributed by atoms with Crippen molar-refractivity contribution in [2.24, 2.45) is 0 Å². The summed E-state index contributed by atoms with van der Waals surface area (Å²) in [6.45, 7) is 0. The first-order chi connectivity index (χ1) is 4.33. The summed E-state index contributed by atoms with van der Waals surface area (Å²) in [5, 5.41) is 10.6. The second kappa shape index (κ2) is 3.13. The van der Waals surface area contributed by atoms with Crippen molar-refractivity contribution in [1.29, 1.82) is 0 Å². The van der Waals surface area contributed by atoms with Gasteiger partial charge in [0.15, 0.2) is 5.75 Å². The molecule has 0 aromatic heterocycles. The Balaban J connectivity index is 2.94. The zero-order valence-corrected chi connectivity index (χ0v) is 6.91.